The first kappa shape index (κ1) is 14.7. The van der Waals surface area contributed by atoms with Crippen LogP contribution < -0.4 is 10.6 Å². The summed E-state index contributed by atoms with van der Waals surface area (Å²) in [7, 11) is 0. The van der Waals surface area contributed by atoms with Crippen LogP contribution in [0.15, 0.2) is 0 Å². The van der Waals surface area contributed by atoms with Gasteiger partial charge in [-0.25, -0.2) is 4.68 Å². The summed E-state index contributed by atoms with van der Waals surface area (Å²) in [4.78, 5) is 13.1. The maximum atomic E-state index is 11.1. The van der Waals surface area contributed by atoms with Gasteiger partial charge in [-0.1, -0.05) is 0 Å². The van der Waals surface area contributed by atoms with Crippen molar-refractivity contribution in [3.63, 3.8) is 0 Å². The van der Waals surface area contributed by atoms with Crippen molar-refractivity contribution in [1.29, 1.82) is 0 Å². The summed E-state index contributed by atoms with van der Waals surface area (Å²) in [6.45, 7) is 9.84. The Hall–Kier alpha value is -1.67. The van der Waals surface area contributed by atoms with Crippen molar-refractivity contribution in [3.8, 4) is 0 Å². The van der Waals surface area contributed by atoms with Gasteiger partial charge < -0.3 is 10.6 Å². The highest BCUT2D eigenvalue weighted by Crippen LogP contribution is 2.27. The van der Waals surface area contributed by atoms with E-state index in [1.807, 2.05) is 6.92 Å². The van der Waals surface area contributed by atoms with Crippen LogP contribution in [-0.4, -0.2) is 58.9 Å². The number of nitro groups is 1. The van der Waals surface area contributed by atoms with E-state index in [4.69, 9.17) is 0 Å². The van der Waals surface area contributed by atoms with Crippen molar-refractivity contribution in [1.82, 2.24) is 20.0 Å². The Morgan fingerprint density at radius 2 is 2.15 bits per heavy atom. The Labute approximate surface area is 118 Å². The molecule has 1 fully saturated rings. The zero-order valence-corrected chi connectivity index (χ0v) is 12.1. The number of anilines is 1. The number of hydrogen-bond donors (Lipinski definition) is 2. The quantitative estimate of drug-likeness (QED) is 0.581. The Morgan fingerprint density at radius 3 is 2.75 bits per heavy atom. The second-order valence-electron chi connectivity index (χ2n) is 4.87. The fourth-order valence-corrected chi connectivity index (χ4v) is 2.46. The van der Waals surface area contributed by atoms with Crippen LogP contribution in [0.5, 0.6) is 0 Å². The van der Waals surface area contributed by atoms with E-state index in [9.17, 15) is 10.1 Å². The normalized spacial score (nSPS) is 16.3. The molecular weight excluding hydrogens is 260 g/mol. The van der Waals surface area contributed by atoms with E-state index in [2.05, 4.69) is 20.6 Å². The Morgan fingerprint density at radius 1 is 1.45 bits per heavy atom. The lowest BCUT2D eigenvalue weighted by molar-refractivity contribution is -0.384. The molecule has 8 nitrogen and oxygen atoms in total. The van der Waals surface area contributed by atoms with Gasteiger partial charge in [0.15, 0.2) is 0 Å². The van der Waals surface area contributed by atoms with Crippen molar-refractivity contribution in [2.45, 2.75) is 20.4 Å². The molecule has 0 aliphatic carbocycles. The lowest BCUT2D eigenvalue weighted by Crippen LogP contribution is -2.45. The van der Waals surface area contributed by atoms with Crippen LogP contribution in [0.25, 0.3) is 0 Å². The number of nitrogens with one attached hydrogen (secondary N) is 2. The molecule has 0 unspecified atom stereocenters. The second-order valence-corrected chi connectivity index (χ2v) is 4.87. The summed E-state index contributed by atoms with van der Waals surface area (Å²) in [5, 5.41) is 21.8. The van der Waals surface area contributed by atoms with E-state index in [1.165, 1.54) is 0 Å². The molecular formula is C12H22N6O2. The van der Waals surface area contributed by atoms with Gasteiger partial charge in [0.05, 0.1) is 4.92 Å². The van der Waals surface area contributed by atoms with Crippen molar-refractivity contribution in [3.05, 3.63) is 15.8 Å². The van der Waals surface area contributed by atoms with E-state index in [0.29, 0.717) is 24.6 Å². The third-order valence-corrected chi connectivity index (χ3v) is 3.51. The highest BCUT2D eigenvalue weighted by molar-refractivity contribution is 5.59. The molecule has 0 spiro atoms. The molecule has 2 N–H and O–H groups in total. The van der Waals surface area contributed by atoms with Crippen LogP contribution in [0.1, 0.15) is 12.6 Å². The predicted octanol–water partition coefficient (Wildman–Crippen LogP) is 0.437. The highest BCUT2D eigenvalue weighted by Gasteiger charge is 2.24. The third-order valence-electron chi connectivity index (χ3n) is 3.51. The summed E-state index contributed by atoms with van der Waals surface area (Å²) in [5.41, 5.74) is 0.550. The smallest absolute Gasteiger partial charge is 0.333 e. The minimum atomic E-state index is -0.359. The Bertz CT molecular complexity index is 467. The lowest BCUT2D eigenvalue weighted by atomic mass is 10.3. The molecule has 1 aromatic heterocycles. The van der Waals surface area contributed by atoms with Gasteiger partial charge >= 0.3 is 5.69 Å². The monoisotopic (exact) mass is 282 g/mol. The standard InChI is InChI=1S/C12H22N6O2/c1-3-17-12(11(18(19)20)10(2)15-17)14-6-9-16-7-4-13-5-8-16/h13-14H,3-9H2,1-2H3. The third kappa shape index (κ3) is 3.26. The average Bonchev–Trinajstić information content (AvgIpc) is 2.76. The molecule has 0 bridgehead atoms. The van der Waals surface area contributed by atoms with Crippen LogP contribution >= 0.6 is 0 Å². The molecule has 20 heavy (non-hydrogen) atoms. The number of rotatable bonds is 6. The van der Waals surface area contributed by atoms with Crippen LogP contribution in [-0.2, 0) is 6.54 Å². The van der Waals surface area contributed by atoms with Gasteiger partial charge in [-0.3, -0.25) is 15.0 Å². The molecule has 8 heteroatoms. The zero-order valence-electron chi connectivity index (χ0n) is 12.1. The summed E-state index contributed by atoms with van der Waals surface area (Å²) in [5.74, 6) is 0.519. The molecule has 0 aromatic carbocycles. The molecule has 1 aliphatic rings. The van der Waals surface area contributed by atoms with Crippen molar-refractivity contribution in [2.75, 3.05) is 44.6 Å². The van der Waals surface area contributed by atoms with E-state index in [-0.39, 0.29) is 10.6 Å². The number of nitrogens with zero attached hydrogens (tertiary/aromatic N) is 4. The van der Waals surface area contributed by atoms with Gasteiger partial charge in [-0.05, 0) is 13.8 Å². The molecule has 2 heterocycles. The van der Waals surface area contributed by atoms with Crippen molar-refractivity contribution < 1.29 is 4.92 Å². The zero-order chi connectivity index (χ0) is 14.5. The predicted molar refractivity (Wildman–Crippen MR) is 77.1 cm³/mol. The maximum Gasteiger partial charge on any atom is 0.333 e. The first-order valence-corrected chi connectivity index (χ1v) is 7.02. The summed E-state index contributed by atoms with van der Waals surface area (Å²) in [6, 6.07) is 0. The number of hydrogen-bond acceptors (Lipinski definition) is 6. The average molecular weight is 282 g/mol. The summed E-state index contributed by atoms with van der Waals surface area (Å²) >= 11 is 0. The van der Waals surface area contributed by atoms with E-state index < -0.39 is 0 Å². The van der Waals surface area contributed by atoms with Crippen molar-refractivity contribution >= 4 is 11.5 Å². The number of aromatic nitrogens is 2. The fourth-order valence-electron chi connectivity index (χ4n) is 2.46. The van der Waals surface area contributed by atoms with Gasteiger partial charge in [0.2, 0.25) is 5.82 Å². The molecule has 0 amide bonds. The van der Waals surface area contributed by atoms with E-state index in [0.717, 1.165) is 32.7 Å². The van der Waals surface area contributed by atoms with E-state index >= 15 is 0 Å². The first-order valence-electron chi connectivity index (χ1n) is 7.02. The SMILES string of the molecule is CCn1nc(C)c([N+](=O)[O-])c1NCCN1CCNCC1. The van der Waals surface area contributed by atoms with Crippen LogP contribution in [0.4, 0.5) is 11.5 Å². The Balaban J connectivity index is 1.98. The topological polar surface area (TPSA) is 88.3 Å². The molecule has 0 saturated carbocycles. The number of piperazine rings is 1. The minimum Gasteiger partial charge on any atom is -0.363 e. The molecule has 112 valence electrons. The van der Waals surface area contributed by atoms with Gasteiger partial charge in [0.1, 0.15) is 5.69 Å². The summed E-state index contributed by atoms with van der Waals surface area (Å²) < 4.78 is 1.66. The van der Waals surface area contributed by atoms with E-state index in [1.54, 1.807) is 11.6 Å². The van der Waals surface area contributed by atoms with Crippen LogP contribution in [0, 0.1) is 17.0 Å². The van der Waals surface area contributed by atoms with Gasteiger partial charge in [0, 0.05) is 45.8 Å². The fraction of sp³-hybridized carbons (Fsp3) is 0.750. The maximum absolute atomic E-state index is 11.1. The van der Waals surface area contributed by atoms with Crippen LogP contribution in [0.3, 0.4) is 0 Å². The van der Waals surface area contributed by atoms with Crippen molar-refractivity contribution in [2.24, 2.45) is 0 Å². The largest absolute Gasteiger partial charge is 0.363 e. The molecule has 1 aromatic rings. The summed E-state index contributed by atoms with van der Waals surface area (Å²) in [6.07, 6.45) is 0. The highest BCUT2D eigenvalue weighted by atomic mass is 16.6. The molecule has 1 aliphatic heterocycles. The lowest BCUT2D eigenvalue weighted by Gasteiger charge is -2.27. The molecule has 0 radical (unpaired) electrons. The molecule has 1 saturated heterocycles. The van der Waals surface area contributed by atoms with Gasteiger partial charge in [-0.15, -0.1) is 0 Å². The first-order chi connectivity index (χ1) is 9.63. The Kier molecular flexibility index (Phi) is 4.91. The molecule has 2 rings (SSSR count). The van der Waals surface area contributed by atoms with Gasteiger partial charge in [0.25, 0.3) is 0 Å². The molecule has 0 atom stereocenters. The minimum absolute atomic E-state index is 0.0900. The second kappa shape index (κ2) is 6.67. The van der Waals surface area contributed by atoms with Crippen LogP contribution in [0.2, 0.25) is 0 Å². The number of aryl methyl sites for hydroxylation is 2. The van der Waals surface area contributed by atoms with Gasteiger partial charge in [-0.2, -0.15) is 5.10 Å².